The Morgan fingerprint density at radius 3 is 2.94 bits per heavy atom. The number of allylic oxidation sites excluding steroid dienone is 2. The number of likely N-dealkylation sites (tertiary alicyclic amines) is 1. The topological polar surface area (TPSA) is 100 Å². The number of hydrogen-bond donors (Lipinski definition) is 3. The van der Waals surface area contributed by atoms with E-state index in [1.807, 2.05) is 46.4 Å². The third kappa shape index (κ3) is 5.29. The minimum atomic E-state index is 0.156. The molecule has 1 saturated heterocycles. The van der Waals surface area contributed by atoms with Gasteiger partial charge in [0.15, 0.2) is 0 Å². The molecule has 2 aliphatic heterocycles. The maximum absolute atomic E-state index is 11.7. The van der Waals surface area contributed by atoms with Crippen molar-refractivity contribution in [2.24, 2.45) is 11.8 Å². The van der Waals surface area contributed by atoms with E-state index in [2.05, 4.69) is 52.4 Å². The number of anilines is 1. The van der Waals surface area contributed by atoms with Crippen molar-refractivity contribution in [2.75, 3.05) is 18.4 Å². The standard InChI is InChI=1S/C26H32N8O/c1-17(2)20-10-26(32-28-12-20)31-25-7-6-23-24(30-25)9-21(11-27-23)22-13-29-34(16-22)15-19-5-4-8-33(14-19)18(3)35/h6-7,9-13,16-17,19,28,32H,4-5,8,14-15H2,1-3H3,(H,30,31). The lowest BCUT2D eigenvalue weighted by atomic mass is 9.98. The summed E-state index contributed by atoms with van der Waals surface area (Å²) in [6.07, 6.45) is 12.0. The van der Waals surface area contributed by atoms with E-state index in [4.69, 9.17) is 4.98 Å². The lowest BCUT2D eigenvalue weighted by molar-refractivity contribution is -0.130. The van der Waals surface area contributed by atoms with Gasteiger partial charge < -0.3 is 15.6 Å². The van der Waals surface area contributed by atoms with Crippen LogP contribution in [-0.2, 0) is 11.3 Å². The quantitative estimate of drug-likeness (QED) is 0.503. The second-order valence-electron chi connectivity index (χ2n) is 9.63. The SMILES string of the molecule is CC(=O)N1CCCC(Cn2cc(-c3cnc4ccc(NC5=CC(C(C)C)=CNN5)nc4c3)cn2)C1. The highest BCUT2D eigenvalue weighted by Gasteiger charge is 2.22. The Labute approximate surface area is 205 Å². The van der Waals surface area contributed by atoms with Gasteiger partial charge in [0.1, 0.15) is 11.6 Å². The van der Waals surface area contributed by atoms with Gasteiger partial charge in [-0.05, 0) is 54.5 Å². The van der Waals surface area contributed by atoms with E-state index in [1.54, 1.807) is 6.92 Å². The Bertz CT molecular complexity index is 1290. The Kier molecular flexibility index (Phi) is 6.39. The van der Waals surface area contributed by atoms with Crippen LogP contribution in [0.3, 0.4) is 0 Å². The molecule has 9 heteroatoms. The molecular weight excluding hydrogens is 440 g/mol. The number of hydrogen-bond acceptors (Lipinski definition) is 7. The van der Waals surface area contributed by atoms with E-state index in [1.165, 1.54) is 5.57 Å². The molecule has 1 unspecified atom stereocenters. The van der Waals surface area contributed by atoms with Gasteiger partial charge in [-0.3, -0.25) is 19.9 Å². The molecule has 3 aromatic heterocycles. The first-order valence-corrected chi connectivity index (χ1v) is 12.2. The van der Waals surface area contributed by atoms with Gasteiger partial charge in [0.2, 0.25) is 5.91 Å². The van der Waals surface area contributed by atoms with E-state index in [-0.39, 0.29) is 5.91 Å². The zero-order valence-corrected chi connectivity index (χ0v) is 20.5. The summed E-state index contributed by atoms with van der Waals surface area (Å²) in [6.45, 7) is 8.44. The van der Waals surface area contributed by atoms with Crippen LogP contribution in [0.2, 0.25) is 0 Å². The van der Waals surface area contributed by atoms with Gasteiger partial charge in [0.25, 0.3) is 0 Å². The first-order chi connectivity index (χ1) is 16.9. The van der Waals surface area contributed by atoms with Crippen molar-refractivity contribution in [1.29, 1.82) is 0 Å². The maximum Gasteiger partial charge on any atom is 0.219 e. The molecule has 9 nitrogen and oxygen atoms in total. The van der Waals surface area contributed by atoms with E-state index < -0.39 is 0 Å². The first-order valence-electron chi connectivity index (χ1n) is 12.2. The summed E-state index contributed by atoms with van der Waals surface area (Å²) in [6, 6.07) is 5.95. The number of fused-ring (bicyclic) bond motifs is 1. The fraction of sp³-hybridized carbons (Fsp3) is 0.385. The highest BCUT2D eigenvalue weighted by Crippen LogP contribution is 2.24. The Morgan fingerprint density at radius 2 is 2.11 bits per heavy atom. The van der Waals surface area contributed by atoms with Gasteiger partial charge in [-0.25, -0.2) is 4.98 Å². The van der Waals surface area contributed by atoms with Crippen LogP contribution in [0.4, 0.5) is 5.82 Å². The average Bonchev–Trinajstić information content (AvgIpc) is 3.32. The number of amides is 1. The normalized spacial score (nSPS) is 18.1. The van der Waals surface area contributed by atoms with E-state index in [0.29, 0.717) is 11.8 Å². The number of aromatic nitrogens is 4. The predicted octanol–water partition coefficient (Wildman–Crippen LogP) is 3.65. The molecule has 0 bridgehead atoms. The fourth-order valence-electron chi connectivity index (χ4n) is 4.59. The molecule has 0 spiro atoms. The molecule has 1 atom stereocenters. The number of piperidine rings is 1. The van der Waals surface area contributed by atoms with Gasteiger partial charge in [-0.1, -0.05) is 13.8 Å². The number of nitrogens with zero attached hydrogens (tertiary/aromatic N) is 5. The molecule has 0 aliphatic carbocycles. The van der Waals surface area contributed by atoms with Gasteiger partial charge in [-0.2, -0.15) is 5.10 Å². The minimum Gasteiger partial charge on any atom is -0.343 e. The van der Waals surface area contributed by atoms with Crippen LogP contribution in [0.1, 0.15) is 33.6 Å². The number of carbonyl (C=O) groups excluding carboxylic acids is 1. The monoisotopic (exact) mass is 472 g/mol. The van der Waals surface area contributed by atoms with Crippen LogP contribution < -0.4 is 16.2 Å². The summed E-state index contributed by atoms with van der Waals surface area (Å²) >= 11 is 0. The molecule has 2 aliphatic rings. The molecule has 0 saturated carbocycles. The average molecular weight is 473 g/mol. The van der Waals surface area contributed by atoms with E-state index in [9.17, 15) is 4.79 Å². The van der Waals surface area contributed by atoms with Gasteiger partial charge in [0, 0.05) is 56.3 Å². The van der Waals surface area contributed by atoms with Crippen molar-refractivity contribution in [2.45, 2.75) is 40.2 Å². The minimum absolute atomic E-state index is 0.156. The second kappa shape index (κ2) is 9.77. The number of nitrogens with one attached hydrogen (secondary N) is 3. The Morgan fingerprint density at radius 1 is 1.23 bits per heavy atom. The van der Waals surface area contributed by atoms with Crippen molar-refractivity contribution < 1.29 is 4.79 Å². The fourth-order valence-corrected chi connectivity index (χ4v) is 4.59. The summed E-state index contributed by atoms with van der Waals surface area (Å²) in [5.74, 6) is 2.59. The Hall–Kier alpha value is -3.88. The predicted molar refractivity (Wildman–Crippen MR) is 137 cm³/mol. The lowest BCUT2D eigenvalue weighted by Gasteiger charge is -2.31. The molecule has 3 N–H and O–H groups in total. The van der Waals surface area contributed by atoms with Crippen molar-refractivity contribution in [3.8, 4) is 11.1 Å². The van der Waals surface area contributed by atoms with Gasteiger partial charge >= 0.3 is 0 Å². The zero-order chi connectivity index (χ0) is 24.4. The van der Waals surface area contributed by atoms with Crippen LogP contribution in [0.5, 0.6) is 0 Å². The highest BCUT2D eigenvalue weighted by molar-refractivity contribution is 5.81. The molecule has 0 aromatic carbocycles. The smallest absolute Gasteiger partial charge is 0.219 e. The zero-order valence-electron chi connectivity index (χ0n) is 20.5. The highest BCUT2D eigenvalue weighted by atomic mass is 16.2. The number of carbonyl (C=O) groups is 1. The summed E-state index contributed by atoms with van der Waals surface area (Å²) in [5, 5.41) is 7.92. The summed E-state index contributed by atoms with van der Waals surface area (Å²) < 4.78 is 1.98. The molecule has 182 valence electrons. The molecular formula is C26H32N8O. The van der Waals surface area contributed by atoms with Crippen molar-refractivity contribution in [1.82, 2.24) is 35.5 Å². The molecule has 35 heavy (non-hydrogen) atoms. The summed E-state index contributed by atoms with van der Waals surface area (Å²) in [7, 11) is 0. The third-order valence-corrected chi connectivity index (χ3v) is 6.60. The lowest BCUT2D eigenvalue weighted by Crippen LogP contribution is -2.39. The number of hydrazine groups is 1. The third-order valence-electron chi connectivity index (χ3n) is 6.60. The van der Waals surface area contributed by atoms with Crippen molar-refractivity contribution in [3.63, 3.8) is 0 Å². The van der Waals surface area contributed by atoms with Crippen molar-refractivity contribution in [3.05, 3.63) is 60.5 Å². The molecule has 5 heterocycles. The van der Waals surface area contributed by atoms with Crippen molar-refractivity contribution >= 4 is 22.8 Å². The van der Waals surface area contributed by atoms with Crippen LogP contribution in [-0.4, -0.2) is 43.6 Å². The van der Waals surface area contributed by atoms with Crippen LogP contribution >= 0.6 is 0 Å². The number of pyridine rings is 2. The molecule has 5 rings (SSSR count). The van der Waals surface area contributed by atoms with Gasteiger partial charge in [0.05, 0.1) is 17.2 Å². The summed E-state index contributed by atoms with van der Waals surface area (Å²) in [4.78, 5) is 23.1. The summed E-state index contributed by atoms with van der Waals surface area (Å²) in [5.41, 5.74) is 11.0. The van der Waals surface area contributed by atoms with Gasteiger partial charge in [-0.15, -0.1) is 0 Å². The molecule has 1 amide bonds. The van der Waals surface area contributed by atoms with E-state index >= 15 is 0 Å². The Balaban J connectivity index is 1.31. The largest absolute Gasteiger partial charge is 0.343 e. The number of rotatable bonds is 6. The van der Waals surface area contributed by atoms with Crippen LogP contribution in [0, 0.1) is 11.8 Å². The maximum atomic E-state index is 11.7. The van der Waals surface area contributed by atoms with Crippen LogP contribution in [0.25, 0.3) is 22.2 Å². The molecule has 1 fully saturated rings. The molecule has 0 radical (unpaired) electrons. The van der Waals surface area contributed by atoms with E-state index in [0.717, 1.165) is 66.3 Å². The first kappa shape index (κ1) is 22.9. The second-order valence-corrected chi connectivity index (χ2v) is 9.63. The molecule has 3 aromatic rings. The van der Waals surface area contributed by atoms with Crippen LogP contribution in [0.15, 0.2) is 60.5 Å².